The lowest BCUT2D eigenvalue weighted by Crippen LogP contribution is -2.43. The van der Waals surface area contributed by atoms with Crippen LogP contribution in [0.5, 0.6) is 0 Å². The van der Waals surface area contributed by atoms with Gasteiger partial charge in [0.2, 0.25) is 0 Å². The van der Waals surface area contributed by atoms with E-state index < -0.39 is 53.7 Å². The first-order valence-corrected chi connectivity index (χ1v) is 11.2. The molecule has 3 aromatic rings. The highest BCUT2D eigenvalue weighted by Crippen LogP contribution is 2.45. The molecule has 36 heavy (non-hydrogen) atoms. The number of nitrogens with zero attached hydrogens (tertiary/aromatic N) is 1. The normalized spacial score (nSPS) is 20.4. The van der Waals surface area contributed by atoms with Crippen LogP contribution in [0.2, 0.25) is 10.0 Å². The van der Waals surface area contributed by atoms with Gasteiger partial charge in [-0.15, -0.1) is 0 Å². The second-order valence-corrected chi connectivity index (χ2v) is 9.23. The fourth-order valence-electron chi connectivity index (χ4n) is 4.52. The number of aliphatic hydroxyl groups is 1. The lowest BCUT2D eigenvalue weighted by Gasteiger charge is -2.24. The molecular formula is C24H15Cl2F4N3O3. The minimum Gasteiger partial charge on any atom is -0.377 e. The molecule has 186 valence electrons. The number of alkyl halides is 2. The van der Waals surface area contributed by atoms with Crippen LogP contribution in [0.15, 0.2) is 48.5 Å². The number of carbonyl (C=O) groups excluding carboxylic acids is 2. The summed E-state index contributed by atoms with van der Waals surface area (Å²) >= 11 is 12.4. The van der Waals surface area contributed by atoms with Gasteiger partial charge in [-0.3, -0.25) is 9.69 Å². The highest BCUT2D eigenvalue weighted by Gasteiger charge is 2.50. The van der Waals surface area contributed by atoms with Gasteiger partial charge >= 0.3 is 6.03 Å². The average molecular weight is 540 g/mol. The van der Waals surface area contributed by atoms with Crippen molar-refractivity contribution in [3.63, 3.8) is 0 Å². The van der Waals surface area contributed by atoms with Gasteiger partial charge in [0.05, 0.1) is 24.0 Å². The van der Waals surface area contributed by atoms with Gasteiger partial charge < -0.3 is 15.7 Å². The van der Waals surface area contributed by atoms with Crippen molar-refractivity contribution in [3.05, 3.63) is 92.5 Å². The van der Waals surface area contributed by atoms with Crippen LogP contribution in [0.25, 0.3) is 0 Å². The maximum atomic E-state index is 14.0. The number of rotatable bonds is 3. The third-order valence-corrected chi connectivity index (χ3v) is 6.75. The Labute approximate surface area is 211 Å². The van der Waals surface area contributed by atoms with Crippen molar-refractivity contribution < 1.29 is 32.3 Å². The minimum absolute atomic E-state index is 0.0299. The molecule has 3 amide bonds. The lowest BCUT2D eigenvalue weighted by molar-refractivity contribution is -0.0892. The number of hydrogen-bond acceptors (Lipinski definition) is 3. The molecule has 2 aliphatic heterocycles. The van der Waals surface area contributed by atoms with Gasteiger partial charge in [0, 0.05) is 32.3 Å². The van der Waals surface area contributed by atoms with Crippen molar-refractivity contribution in [2.24, 2.45) is 0 Å². The molecule has 3 N–H and O–H groups in total. The highest BCUT2D eigenvalue weighted by molar-refractivity contribution is 6.32. The Morgan fingerprint density at radius 1 is 1.11 bits per heavy atom. The second-order valence-electron chi connectivity index (χ2n) is 8.39. The topological polar surface area (TPSA) is 81.7 Å². The fraction of sp³-hybridized carbons (Fsp3) is 0.167. The molecule has 0 aromatic heterocycles. The molecule has 0 bridgehead atoms. The predicted molar refractivity (Wildman–Crippen MR) is 125 cm³/mol. The Kier molecular flexibility index (Phi) is 5.85. The molecule has 0 unspecified atom stereocenters. The van der Waals surface area contributed by atoms with Gasteiger partial charge in [-0.2, -0.15) is 0 Å². The number of benzene rings is 3. The third kappa shape index (κ3) is 3.85. The molecule has 2 atom stereocenters. The van der Waals surface area contributed by atoms with E-state index in [0.29, 0.717) is 0 Å². The molecule has 2 heterocycles. The zero-order valence-electron chi connectivity index (χ0n) is 18.0. The summed E-state index contributed by atoms with van der Waals surface area (Å²) in [7, 11) is 0. The fourth-order valence-corrected chi connectivity index (χ4v) is 4.97. The van der Waals surface area contributed by atoms with Crippen molar-refractivity contribution >= 4 is 46.5 Å². The molecule has 5 rings (SSSR count). The summed E-state index contributed by atoms with van der Waals surface area (Å²) in [5, 5.41) is 16.0. The molecule has 0 fully saturated rings. The van der Waals surface area contributed by atoms with Crippen LogP contribution in [0, 0.1) is 11.6 Å². The highest BCUT2D eigenvalue weighted by atomic mass is 35.5. The van der Waals surface area contributed by atoms with Crippen molar-refractivity contribution in [1.82, 2.24) is 5.32 Å². The number of anilines is 2. The summed E-state index contributed by atoms with van der Waals surface area (Å²) < 4.78 is 55.2. The summed E-state index contributed by atoms with van der Waals surface area (Å²) in [6.45, 7) is -0.853. The molecule has 3 aromatic carbocycles. The van der Waals surface area contributed by atoms with E-state index in [1.165, 1.54) is 18.2 Å². The summed E-state index contributed by atoms with van der Waals surface area (Å²) in [6.07, 6.45) is -3.31. The lowest BCUT2D eigenvalue weighted by atomic mass is 9.96. The average Bonchev–Trinajstić information content (AvgIpc) is 3.30. The Balaban J connectivity index is 1.56. The van der Waals surface area contributed by atoms with Gasteiger partial charge in [0.25, 0.3) is 12.3 Å². The standard InChI is InChI=1S/C24H15Cl2F4N3O3/c25-10-5-14-19(20(32-21(14)34)13-7-11(27)1-3-16(13)26)17(6-10)31-23(35)33-9-24(36,22(29)30)15-8-12(28)2-4-18(15)33/h1-8,20,22,36H,9H2,(H,31,35)(H,32,34)/t20-,24-/m0/s1. The van der Waals surface area contributed by atoms with E-state index >= 15 is 0 Å². The van der Waals surface area contributed by atoms with E-state index in [1.54, 1.807) is 0 Å². The van der Waals surface area contributed by atoms with Crippen LogP contribution in [0.4, 0.5) is 33.7 Å². The zero-order valence-corrected chi connectivity index (χ0v) is 19.5. The molecule has 2 aliphatic rings. The van der Waals surface area contributed by atoms with Crippen LogP contribution >= 0.6 is 23.2 Å². The van der Waals surface area contributed by atoms with E-state index in [0.717, 1.165) is 35.2 Å². The molecular weight excluding hydrogens is 525 g/mol. The minimum atomic E-state index is -3.31. The molecule has 0 saturated heterocycles. The van der Waals surface area contributed by atoms with Gasteiger partial charge in [0.1, 0.15) is 11.6 Å². The first-order chi connectivity index (χ1) is 17.0. The third-order valence-electron chi connectivity index (χ3n) is 6.19. The van der Waals surface area contributed by atoms with Gasteiger partial charge in [-0.25, -0.2) is 22.4 Å². The van der Waals surface area contributed by atoms with E-state index in [4.69, 9.17) is 23.2 Å². The van der Waals surface area contributed by atoms with E-state index in [9.17, 15) is 32.3 Å². The van der Waals surface area contributed by atoms with Crippen molar-refractivity contribution in [2.75, 3.05) is 16.8 Å². The smallest absolute Gasteiger partial charge is 0.326 e. The van der Waals surface area contributed by atoms with Gasteiger partial charge in [-0.05, 0) is 48.5 Å². The molecule has 0 saturated carbocycles. The van der Waals surface area contributed by atoms with Crippen LogP contribution in [0.1, 0.15) is 33.1 Å². The predicted octanol–water partition coefficient (Wildman–Crippen LogP) is 5.61. The largest absolute Gasteiger partial charge is 0.377 e. The van der Waals surface area contributed by atoms with Gasteiger partial charge in [0.15, 0.2) is 5.60 Å². The number of hydrogen-bond donors (Lipinski definition) is 3. The Hall–Kier alpha value is -3.34. The number of amides is 3. The van der Waals surface area contributed by atoms with Crippen molar-refractivity contribution in [1.29, 1.82) is 0 Å². The zero-order chi connectivity index (χ0) is 25.9. The maximum absolute atomic E-state index is 14.0. The quantitative estimate of drug-likeness (QED) is 0.378. The van der Waals surface area contributed by atoms with E-state index in [1.807, 2.05) is 0 Å². The Morgan fingerprint density at radius 2 is 1.81 bits per heavy atom. The van der Waals surface area contributed by atoms with Crippen molar-refractivity contribution in [3.8, 4) is 0 Å². The van der Waals surface area contributed by atoms with Crippen LogP contribution < -0.4 is 15.5 Å². The van der Waals surface area contributed by atoms with E-state index in [2.05, 4.69) is 10.6 Å². The molecule has 6 nitrogen and oxygen atoms in total. The second kappa shape index (κ2) is 8.65. The number of halogens is 6. The van der Waals surface area contributed by atoms with E-state index in [-0.39, 0.29) is 38.1 Å². The summed E-state index contributed by atoms with van der Waals surface area (Å²) in [5.41, 5.74) is -2.78. The maximum Gasteiger partial charge on any atom is 0.326 e. The summed E-state index contributed by atoms with van der Waals surface area (Å²) in [4.78, 5) is 26.8. The molecule has 0 radical (unpaired) electrons. The first kappa shape index (κ1) is 24.4. The SMILES string of the molecule is O=C1N[C@@H](c2cc(F)ccc2Cl)c2c(NC(=O)N3C[C@@](O)(C(F)F)c4cc(F)ccc43)cc(Cl)cc21. The number of β-amino-alcohol motifs (C(OH)–C–C–N with tert-alkyl or cyclic N) is 1. The molecule has 0 spiro atoms. The van der Waals surface area contributed by atoms with Gasteiger partial charge in [-0.1, -0.05) is 23.2 Å². The summed E-state index contributed by atoms with van der Waals surface area (Å²) in [6, 6.07) is 7.20. The molecule has 12 heteroatoms. The number of fused-ring (bicyclic) bond motifs is 2. The van der Waals surface area contributed by atoms with Crippen LogP contribution in [-0.2, 0) is 5.60 Å². The first-order valence-electron chi connectivity index (χ1n) is 10.5. The number of nitrogens with one attached hydrogen (secondary N) is 2. The monoisotopic (exact) mass is 539 g/mol. The Bertz CT molecular complexity index is 1440. The van der Waals surface area contributed by atoms with Crippen molar-refractivity contribution in [2.45, 2.75) is 18.1 Å². The summed E-state index contributed by atoms with van der Waals surface area (Å²) in [5.74, 6) is -2.02. The number of urea groups is 1. The molecule has 0 aliphatic carbocycles. The van der Waals surface area contributed by atoms with Crippen LogP contribution in [0.3, 0.4) is 0 Å². The van der Waals surface area contributed by atoms with Crippen LogP contribution in [-0.4, -0.2) is 30.0 Å². The number of carbonyl (C=O) groups is 2. The Morgan fingerprint density at radius 3 is 2.53 bits per heavy atom.